The van der Waals surface area contributed by atoms with E-state index in [1.165, 1.54) is 0 Å². The van der Waals surface area contributed by atoms with Crippen LogP contribution in [0.15, 0.2) is 12.4 Å². The maximum absolute atomic E-state index is 5.97. The Bertz CT molecular complexity index is 559. The first kappa shape index (κ1) is 14.7. The van der Waals surface area contributed by atoms with Crippen molar-refractivity contribution in [1.82, 2.24) is 24.7 Å². The second-order valence-corrected chi connectivity index (χ2v) is 4.40. The van der Waals surface area contributed by atoms with Crippen LogP contribution in [0.1, 0.15) is 25.5 Å². The molecule has 0 aliphatic carbocycles. The van der Waals surface area contributed by atoms with E-state index >= 15 is 0 Å². The second-order valence-electron chi connectivity index (χ2n) is 4.02. The minimum Gasteiger partial charge on any atom is -0.374 e. The van der Waals surface area contributed by atoms with E-state index in [0.717, 1.165) is 12.4 Å². The number of ether oxygens (including phenoxy) is 1. The number of hydrogen-bond acceptors (Lipinski definition) is 6. The Morgan fingerprint density at radius 1 is 1.35 bits per heavy atom. The second kappa shape index (κ2) is 7.16. The fourth-order valence-electron chi connectivity index (χ4n) is 1.66. The lowest BCUT2D eigenvalue weighted by Crippen LogP contribution is -2.10. The molecule has 0 atom stereocenters. The van der Waals surface area contributed by atoms with E-state index in [4.69, 9.17) is 16.3 Å². The number of aryl methyl sites for hydroxylation is 1. The minimum absolute atomic E-state index is 0.344. The van der Waals surface area contributed by atoms with Crippen LogP contribution < -0.4 is 5.32 Å². The molecule has 0 aliphatic heterocycles. The predicted octanol–water partition coefficient (Wildman–Crippen LogP) is 1.89. The van der Waals surface area contributed by atoms with Crippen molar-refractivity contribution < 1.29 is 4.74 Å². The van der Waals surface area contributed by atoms with Gasteiger partial charge in [0.2, 0.25) is 0 Å². The van der Waals surface area contributed by atoms with Gasteiger partial charge in [-0.3, -0.25) is 0 Å². The Morgan fingerprint density at radius 2 is 2.20 bits per heavy atom. The van der Waals surface area contributed by atoms with Crippen molar-refractivity contribution in [2.75, 3.05) is 11.9 Å². The summed E-state index contributed by atoms with van der Waals surface area (Å²) in [6.45, 7) is 6.25. The van der Waals surface area contributed by atoms with Gasteiger partial charge in [0.1, 0.15) is 23.9 Å². The summed E-state index contributed by atoms with van der Waals surface area (Å²) in [4.78, 5) is 8.44. The highest BCUT2D eigenvalue weighted by Crippen LogP contribution is 2.13. The zero-order valence-electron chi connectivity index (χ0n) is 11.5. The summed E-state index contributed by atoms with van der Waals surface area (Å²) in [7, 11) is 0. The standard InChI is InChI=1S/C12H17ClN6O/c1-3-19-8-15-18-12(19)6-14-10-5-9(13)16-11(17-10)7-20-4-2/h5,8H,3-4,6-7H2,1-2H3,(H,14,16,17). The van der Waals surface area contributed by atoms with Gasteiger partial charge in [0, 0.05) is 19.2 Å². The summed E-state index contributed by atoms with van der Waals surface area (Å²) >= 11 is 5.97. The van der Waals surface area contributed by atoms with Crippen LogP contribution in [-0.4, -0.2) is 31.3 Å². The van der Waals surface area contributed by atoms with Gasteiger partial charge in [0.15, 0.2) is 11.6 Å². The van der Waals surface area contributed by atoms with Gasteiger partial charge in [0.25, 0.3) is 0 Å². The summed E-state index contributed by atoms with van der Waals surface area (Å²) in [5.74, 6) is 2.04. The first-order chi connectivity index (χ1) is 9.72. The van der Waals surface area contributed by atoms with E-state index in [1.807, 2.05) is 18.4 Å². The molecule has 0 bridgehead atoms. The van der Waals surface area contributed by atoms with Gasteiger partial charge in [-0.25, -0.2) is 9.97 Å². The van der Waals surface area contributed by atoms with Gasteiger partial charge < -0.3 is 14.6 Å². The Labute approximate surface area is 122 Å². The molecule has 2 aromatic rings. The summed E-state index contributed by atoms with van der Waals surface area (Å²) < 4.78 is 7.23. The van der Waals surface area contributed by atoms with E-state index in [0.29, 0.717) is 36.6 Å². The van der Waals surface area contributed by atoms with Crippen molar-refractivity contribution in [3.8, 4) is 0 Å². The van der Waals surface area contributed by atoms with Crippen LogP contribution in [0.3, 0.4) is 0 Å². The van der Waals surface area contributed by atoms with Crippen LogP contribution >= 0.6 is 11.6 Å². The molecule has 7 nitrogen and oxygen atoms in total. The Kier molecular flexibility index (Phi) is 5.25. The number of hydrogen-bond donors (Lipinski definition) is 1. The molecule has 0 saturated heterocycles. The third kappa shape index (κ3) is 3.88. The fraction of sp³-hybridized carbons (Fsp3) is 0.500. The molecule has 2 heterocycles. The molecule has 2 rings (SSSR count). The number of halogens is 1. The van der Waals surface area contributed by atoms with E-state index in [9.17, 15) is 0 Å². The molecule has 0 radical (unpaired) electrons. The van der Waals surface area contributed by atoms with Crippen molar-refractivity contribution in [2.24, 2.45) is 0 Å². The fourth-order valence-corrected chi connectivity index (χ4v) is 1.86. The number of aromatic nitrogens is 5. The van der Waals surface area contributed by atoms with E-state index in [2.05, 4.69) is 25.5 Å². The zero-order chi connectivity index (χ0) is 14.4. The number of nitrogens with one attached hydrogen (secondary N) is 1. The van der Waals surface area contributed by atoms with Crippen LogP contribution in [0.5, 0.6) is 0 Å². The summed E-state index contributed by atoms with van der Waals surface area (Å²) in [6.07, 6.45) is 1.70. The molecule has 8 heteroatoms. The first-order valence-electron chi connectivity index (χ1n) is 6.44. The largest absolute Gasteiger partial charge is 0.374 e. The lowest BCUT2D eigenvalue weighted by molar-refractivity contribution is 0.128. The molecule has 108 valence electrons. The van der Waals surface area contributed by atoms with E-state index in [-0.39, 0.29) is 0 Å². The monoisotopic (exact) mass is 296 g/mol. The van der Waals surface area contributed by atoms with Gasteiger partial charge in [-0.2, -0.15) is 0 Å². The number of nitrogens with zero attached hydrogens (tertiary/aromatic N) is 5. The molecule has 0 fully saturated rings. The van der Waals surface area contributed by atoms with Gasteiger partial charge >= 0.3 is 0 Å². The Morgan fingerprint density at radius 3 is 2.95 bits per heavy atom. The first-order valence-corrected chi connectivity index (χ1v) is 6.82. The molecule has 0 unspecified atom stereocenters. The highest BCUT2D eigenvalue weighted by atomic mass is 35.5. The van der Waals surface area contributed by atoms with Gasteiger partial charge in [-0.05, 0) is 13.8 Å². The highest BCUT2D eigenvalue weighted by Gasteiger charge is 2.06. The third-order valence-electron chi connectivity index (χ3n) is 2.64. The SMILES string of the molecule is CCOCc1nc(Cl)cc(NCc2nncn2CC)n1. The molecule has 0 aliphatic rings. The quantitative estimate of drug-likeness (QED) is 0.786. The minimum atomic E-state index is 0.344. The molecule has 0 aromatic carbocycles. The summed E-state index contributed by atoms with van der Waals surface area (Å²) in [5, 5.41) is 11.5. The topological polar surface area (TPSA) is 77.8 Å². The smallest absolute Gasteiger partial charge is 0.158 e. The van der Waals surface area contributed by atoms with Crippen LogP contribution in [0, 0.1) is 0 Å². The van der Waals surface area contributed by atoms with Crippen molar-refractivity contribution in [3.05, 3.63) is 29.2 Å². The van der Waals surface area contributed by atoms with Crippen molar-refractivity contribution in [1.29, 1.82) is 0 Å². The lowest BCUT2D eigenvalue weighted by atomic mass is 10.5. The molecule has 0 amide bonds. The van der Waals surface area contributed by atoms with Crippen molar-refractivity contribution in [3.63, 3.8) is 0 Å². The lowest BCUT2D eigenvalue weighted by Gasteiger charge is -2.08. The van der Waals surface area contributed by atoms with E-state index < -0.39 is 0 Å². The Hall–Kier alpha value is -1.73. The third-order valence-corrected chi connectivity index (χ3v) is 2.83. The Balaban J connectivity index is 2.03. The molecular weight excluding hydrogens is 280 g/mol. The molecule has 1 N–H and O–H groups in total. The van der Waals surface area contributed by atoms with Crippen molar-refractivity contribution in [2.45, 2.75) is 33.5 Å². The average molecular weight is 297 g/mol. The molecule has 0 saturated carbocycles. The zero-order valence-corrected chi connectivity index (χ0v) is 12.3. The number of anilines is 1. The van der Waals surface area contributed by atoms with Crippen LogP contribution in [0.25, 0.3) is 0 Å². The van der Waals surface area contributed by atoms with E-state index in [1.54, 1.807) is 12.4 Å². The molecular formula is C12H17ClN6O. The van der Waals surface area contributed by atoms with Gasteiger partial charge in [-0.1, -0.05) is 11.6 Å². The van der Waals surface area contributed by atoms with Crippen LogP contribution in [0.4, 0.5) is 5.82 Å². The van der Waals surface area contributed by atoms with Crippen molar-refractivity contribution >= 4 is 17.4 Å². The maximum atomic E-state index is 5.97. The highest BCUT2D eigenvalue weighted by molar-refractivity contribution is 6.29. The van der Waals surface area contributed by atoms with Crippen LogP contribution in [0.2, 0.25) is 5.15 Å². The maximum Gasteiger partial charge on any atom is 0.158 e. The average Bonchev–Trinajstić information content (AvgIpc) is 2.90. The van der Waals surface area contributed by atoms with Gasteiger partial charge in [0.05, 0.1) is 6.54 Å². The van der Waals surface area contributed by atoms with Gasteiger partial charge in [-0.15, -0.1) is 10.2 Å². The summed E-state index contributed by atoms with van der Waals surface area (Å²) in [6, 6.07) is 1.67. The predicted molar refractivity (Wildman–Crippen MR) is 75.4 cm³/mol. The normalized spacial score (nSPS) is 10.8. The molecule has 2 aromatic heterocycles. The summed E-state index contributed by atoms with van der Waals surface area (Å²) in [5.41, 5.74) is 0. The number of rotatable bonds is 7. The molecule has 0 spiro atoms. The molecule has 20 heavy (non-hydrogen) atoms. The van der Waals surface area contributed by atoms with Crippen LogP contribution in [-0.2, 0) is 24.4 Å².